The fourth-order valence-corrected chi connectivity index (χ4v) is 5.26. The highest BCUT2D eigenvalue weighted by Crippen LogP contribution is 2.28. The van der Waals surface area contributed by atoms with Gasteiger partial charge in [0.05, 0.1) is 5.75 Å². The second-order valence-corrected chi connectivity index (χ2v) is 11.0. The molecule has 3 rings (SSSR count). The van der Waals surface area contributed by atoms with Crippen LogP contribution in [0.2, 0.25) is 10.0 Å². The summed E-state index contributed by atoms with van der Waals surface area (Å²) in [4.78, 5) is 29.0. The highest BCUT2D eigenvalue weighted by Gasteiger charge is 2.31. The van der Waals surface area contributed by atoms with Crippen LogP contribution in [-0.2, 0) is 28.3 Å². The molecule has 3 aromatic rings. The van der Waals surface area contributed by atoms with Gasteiger partial charge in [-0.05, 0) is 43.5 Å². The lowest BCUT2D eigenvalue weighted by molar-refractivity contribution is -0.139. The maximum absolute atomic E-state index is 13.7. The normalized spacial score (nSPS) is 12.6. The molecule has 0 fully saturated rings. The third-order valence-corrected chi connectivity index (χ3v) is 7.97. The Morgan fingerprint density at radius 1 is 0.919 bits per heavy atom. The van der Waals surface area contributed by atoms with Crippen LogP contribution in [0.5, 0.6) is 0 Å². The topological polar surface area (TPSA) is 49.4 Å². The first kappa shape index (κ1) is 29.1. The number of halogens is 2. The molecule has 0 spiro atoms. The van der Waals surface area contributed by atoms with E-state index in [9.17, 15) is 9.59 Å². The zero-order chi connectivity index (χ0) is 26.8. The molecular weight excluding hydrogens is 523 g/mol. The van der Waals surface area contributed by atoms with Gasteiger partial charge in [0.15, 0.2) is 0 Å². The number of hydrogen-bond donors (Lipinski definition) is 1. The monoisotopic (exact) mass is 556 g/mol. The lowest BCUT2D eigenvalue weighted by Gasteiger charge is -2.32. The molecule has 0 aliphatic heterocycles. The summed E-state index contributed by atoms with van der Waals surface area (Å²) in [5.41, 5.74) is 3.96. The van der Waals surface area contributed by atoms with Crippen molar-refractivity contribution in [3.8, 4) is 0 Å². The number of nitrogens with one attached hydrogen (secondary N) is 1. The van der Waals surface area contributed by atoms with Crippen LogP contribution < -0.4 is 5.32 Å². The molecule has 0 bridgehead atoms. The minimum absolute atomic E-state index is 0.0115. The van der Waals surface area contributed by atoms with E-state index in [4.69, 9.17) is 23.2 Å². The van der Waals surface area contributed by atoms with E-state index in [2.05, 4.69) is 36.5 Å². The minimum Gasteiger partial charge on any atom is -0.352 e. The van der Waals surface area contributed by atoms with Crippen molar-refractivity contribution in [3.05, 3.63) is 105 Å². The SMILES string of the molecule is CC[C@@H](C)NC(=O)[C@H](Cc1ccccc1)N(Cc1c(Cl)cccc1Cl)C(=O)CSCc1ccc(C)cc1. The first-order valence-electron chi connectivity index (χ1n) is 12.5. The highest BCUT2D eigenvalue weighted by molar-refractivity contribution is 7.99. The fraction of sp³-hybridized carbons (Fsp3) is 0.333. The van der Waals surface area contributed by atoms with Crippen molar-refractivity contribution in [2.24, 2.45) is 0 Å². The van der Waals surface area contributed by atoms with E-state index in [1.54, 1.807) is 23.1 Å². The lowest BCUT2D eigenvalue weighted by atomic mass is 10.0. The molecule has 0 aliphatic carbocycles. The minimum atomic E-state index is -0.712. The molecule has 37 heavy (non-hydrogen) atoms. The summed E-state index contributed by atoms with van der Waals surface area (Å²) in [7, 11) is 0. The summed E-state index contributed by atoms with van der Waals surface area (Å²) < 4.78 is 0. The second kappa shape index (κ2) is 14.5. The smallest absolute Gasteiger partial charge is 0.243 e. The van der Waals surface area contributed by atoms with E-state index in [1.165, 1.54) is 17.3 Å². The maximum Gasteiger partial charge on any atom is 0.243 e. The van der Waals surface area contributed by atoms with Crippen LogP contribution in [0.1, 0.15) is 42.5 Å². The zero-order valence-corrected chi connectivity index (χ0v) is 23.9. The van der Waals surface area contributed by atoms with Gasteiger partial charge in [-0.1, -0.05) is 96.4 Å². The van der Waals surface area contributed by atoms with Crippen molar-refractivity contribution >= 4 is 46.8 Å². The average Bonchev–Trinajstić information content (AvgIpc) is 2.89. The van der Waals surface area contributed by atoms with Gasteiger partial charge < -0.3 is 10.2 Å². The number of aryl methyl sites for hydroxylation is 1. The fourth-order valence-electron chi connectivity index (χ4n) is 3.87. The van der Waals surface area contributed by atoms with Gasteiger partial charge in [0.25, 0.3) is 0 Å². The molecule has 0 aliphatic rings. The van der Waals surface area contributed by atoms with E-state index in [0.717, 1.165) is 17.5 Å². The standard InChI is InChI=1S/C30H34Cl2N2O2S/c1-4-22(3)33-30(36)28(17-23-9-6-5-7-10-23)34(18-25-26(31)11-8-12-27(25)32)29(35)20-37-19-24-15-13-21(2)14-16-24/h5-16,22,28H,4,17-20H2,1-3H3,(H,33,36)/t22-,28+/m1/s1. The lowest BCUT2D eigenvalue weighted by Crippen LogP contribution is -2.52. The van der Waals surface area contributed by atoms with Gasteiger partial charge in [-0.25, -0.2) is 0 Å². The number of hydrogen-bond acceptors (Lipinski definition) is 3. The predicted molar refractivity (Wildman–Crippen MR) is 156 cm³/mol. The van der Waals surface area contributed by atoms with Crippen molar-refractivity contribution in [1.29, 1.82) is 0 Å². The highest BCUT2D eigenvalue weighted by atomic mass is 35.5. The van der Waals surface area contributed by atoms with Gasteiger partial charge in [-0.15, -0.1) is 11.8 Å². The van der Waals surface area contributed by atoms with Crippen LogP contribution in [0.3, 0.4) is 0 Å². The van der Waals surface area contributed by atoms with E-state index in [-0.39, 0.29) is 30.2 Å². The van der Waals surface area contributed by atoms with E-state index < -0.39 is 6.04 Å². The van der Waals surface area contributed by atoms with Gasteiger partial charge in [0.2, 0.25) is 11.8 Å². The first-order valence-corrected chi connectivity index (χ1v) is 14.4. The molecule has 2 amide bonds. The van der Waals surface area contributed by atoms with Crippen molar-refractivity contribution < 1.29 is 9.59 Å². The van der Waals surface area contributed by atoms with Crippen LogP contribution in [0.4, 0.5) is 0 Å². The van der Waals surface area contributed by atoms with Crippen LogP contribution in [0.25, 0.3) is 0 Å². The molecule has 0 saturated heterocycles. The number of nitrogens with zero attached hydrogens (tertiary/aromatic N) is 1. The molecule has 2 atom stereocenters. The molecule has 7 heteroatoms. The van der Waals surface area contributed by atoms with Gasteiger partial charge in [-0.3, -0.25) is 9.59 Å². The summed E-state index contributed by atoms with van der Waals surface area (Å²) >= 11 is 14.5. The summed E-state index contributed by atoms with van der Waals surface area (Å²) in [6, 6.07) is 22.6. The first-order chi connectivity index (χ1) is 17.8. The Balaban J connectivity index is 1.90. The van der Waals surface area contributed by atoms with Gasteiger partial charge in [0, 0.05) is 40.4 Å². The Hall–Kier alpha value is -2.47. The van der Waals surface area contributed by atoms with Crippen molar-refractivity contribution in [3.63, 3.8) is 0 Å². The Bertz CT molecular complexity index is 1150. The van der Waals surface area contributed by atoms with Crippen LogP contribution >= 0.6 is 35.0 Å². The summed E-state index contributed by atoms with van der Waals surface area (Å²) in [6.07, 6.45) is 1.18. The van der Waals surface area contributed by atoms with E-state index >= 15 is 0 Å². The molecule has 0 radical (unpaired) electrons. The van der Waals surface area contributed by atoms with E-state index in [0.29, 0.717) is 27.8 Å². The van der Waals surface area contributed by atoms with Crippen LogP contribution in [0.15, 0.2) is 72.8 Å². The average molecular weight is 558 g/mol. The summed E-state index contributed by atoms with van der Waals surface area (Å²) in [6.45, 7) is 6.18. The van der Waals surface area contributed by atoms with Crippen LogP contribution in [0, 0.1) is 6.92 Å². The van der Waals surface area contributed by atoms with Gasteiger partial charge in [0.1, 0.15) is 6.04 Å². The Morgan fingerprint density at radius 2 is 1.57 bits per heavy atom. The molecule has 4 nitrogen and oxygen atoms in total. The largest absolute Gasteiger partial charge is 0.352 e. The number of carbonyl (C=O) groups excluding carboxylic acids is 2. The molecular formula is C30H34Cl2N2O2S. The second-order valence-electron chi connectivity index (χ2n) is 9.22. The Kier molecular flexibility index (Phi) is 11.4. The number of thioether (sulfide) groups is 1. The molecule has 3 aromatic carbocycles. The Morgan fingerprint density at radius 3 is 2.19 bits per heavy atom. The molecule has 196 valence electrons. The number of amides is 2. The van der Waals surface area contributed by atoms with Crippen LogP contribution in [-0.4, -0.2) is 34.6 Å². The molecule has 0 saturated carbocycles. The van der Waals surface area contributed by atoms with Gasteiger partial charge in [-0.2, -0.15) is 0 Å². The molecule has 0 aromatic heterocycles. The maximum atomic E-state index is 13.7. The van der Waals surface area contributed by atoms with Gasteiger partial charge >= 0.3 is 0 Å². The summed E-state index contributed by atoms with van der Waals surface area (Å²) in [5.74, 6) is 0.624. The Labute approximate surface area is 234 Å². The predicted octanol–water partition coefficient (Wildman–Crippen LogP) is 7.09. The van der Waals surface area contributed by atoms with Crippen molar-refractivity contribution in [2.75, 3.05) is 5.75 Å². The molecule has 0 heterocycles. The number of benzene rings is 3. The molecule has 0 unspecified atom stereocenters. The summed E-state index contributed by atoms with van der Waals surface area (Å²) in [5, 5.41) is 4.02. The number of carbonyl (C=O) groups is 2. The van der Waals surface area contributed by atoms with Crippen molar-refractivity contribution in [2.45, 2.75) is 58.0 Å². The number of rotatable bonds is 12. The zero-order valence-electron chi connectivity index (χ0n) is 21.5. The quantitative estimate of drug-likeness (QED) is 0.259. The third-order valence-electron chi connectivity index (χ3n) is 6.28. The van der Waals surface area contributed by atoms with E-state index in [1.807, 2.05) is 44.2 Å². The molecule has 1 N–H and O–H groups in total. The van der Waals surface area contributed by atoms with Crippen molar-refractivity contribution in [1.82, 2.24) is 10.2 Å². The third kappa shape index (κ3) is 8.80.